The smallest absolute Gasteiger partial charge is 0.298 e. The van der Waals surface area contributed by atoms with E-state index in [1.807, 2.05) is 66.7 Å². The fraction of sp³-hybridized carbons (Fsp3) is 0.0625. The van der Waals surface area contributed by atoms with E-state index in [1.165, 1.54) is 16.6 Å². The molecule has 8 heteroatoms. The maximum absolute atomic E-state index is 13.1. The van der Waals surface area contributed by atoms with Crippen molar-refractivity contribution in [1.82, 2.24) is 14.6 Å². The van der Waals surface area contributed by atoms with Gasteiger partial charge in [-0.1, -0.05) is 88.7 Å². The van der Waals surface area contributed by atoms with E-state index >= 15 is 0 Å². The van der Waals surface area contributed by atoms with Crippen molar-refractivity contribution in [3.63, 3.8) is 0 Å². The van der Waals surface area contributed by atoms with Gasteiger partial charge in [0.15, 0.2) is 0 Å². The summed E-state index contributed by atoms with van der Waals surface area (Å²) in [4.78, 5) is 20.8. The standard InChI is InChI=1S/C32H23BrN6O/c33-24-13-16-27-26(17-24)30-31(36-27)32(40)38(20-34-30)35-19-21-11-14-25(15-12-21)39-29(23-9-5-2-6-10-23)18-28(37-39)22-7-3-1-4-8-22/h1-17,19-20,29,36H,18H2. The molecule has 1 N–H and O–H groups in total. The highest BCUT2D eigenvalue weighted by molar-refractivity contribution is 9.10. The van der Waals surface area contributed by atoms with E-state index in [1.54, 1.807) is 6.21 Å². The van der Waals surface area contributed by atoms with E-state index in [0.29, 0.717) is 11.0 Å². The number of hydrazone groups is 1. The fourth-order valence-electron chi connectivity index (χ4n) is 5.13. The Balaban J connectivity index is 1.18. The summed E-state index contributed by atoms with van der Waals surface area (Å²) >= 11 is 3.48. The van der Waals surface area contributed by atoms with Crippen LogP contribution in [-0.4, -0.2) is 26.6 Å². The zero-order valence-corrected chi connectivity index (χ0v) is 22.9. The quantitative estimate of drug-likeness (QED) is 0.224. The van der Waals surface area contributed by atoms with Gasteiger partial charge in [0.2, 0.25) is 0 Å². The molecule has 1 atom stereocenters. The second-order valence-corrected chi connectivity index (χ2v) is 10.6. The van der Waals surface area contributed by atoms with Crippen LogP contribution in [0.15, 0.2) is 129 Å². The van der Waals surface area contributed by atoms with Crippen molar-refractivity contribution in [3.8, 4) is 0 Å². The van der Waals surface area contributed by atoms with Gasteiger partial charge in [0.25, 0.3) is 5.56 Å². The Morgan fingerprint density at radius 3 is 2.45 bits per heavy atom. The second kappa shape index (κ2) is 10.1. The van der Waals surface area contributed by atoms with E-state index in [9.17, 15) is 4.79 Å². The molecule has 3 heterocycles. The largest absolute Gasteiger partial charge is 0.349 e. The van der Waals surface area contributed by atoms with Crippen molar-refractivity contribution in [2.75, 3.05) is 5.01 Å². The normalized spacial score (nSPS) is 15.4. The number of aromatic nitrogens is 3. The summed E-state index contributed by atoms with van der Waals surface area (Å²) in [5.41, 5.74) is 6.92. The molecule has 1 unspecified atom stereocenters. The highest BCUT2D eigenvalue weighted by Gasteiger charge is 2.29. The molecule has 0 radical (unpaired) electrons. The lowest BCUT2D eigenvalue weighted by molar-refractivity contribution is 0.709. The molecular weight excluding hydrogens is 564 g/mol. The predicted molar refractivity (Wildman–Crippen MR) is 164 cm³/mol. The number of rotatable bonds is 5. The van der Waals surface area contributed by atoms with Crippen LogP contribution in [0.2, 0.25) is 0 Å². The average Bonchev–Trinajstić information content (AvgIpc) is 3.61. The van der Waals surface area contributed by atoms with Gasteiger partial charge >= 0.3 is 0 Å². The Bertz CT molecular complexity index is 1960. The van der Waals surface area contributed by atoms with Gasteiger partial charge in [0, 0.05) is 21.8 Å². The van der Waals surface area contributed by atoms with Crippen LogP contribution >= 0.6 is 15.9 Å². The first-order chi connectivity index (χ1) is 19.6. The number of fused-ring (bicyclic) bond motifs is 3. The summed E-state index contributed by atoms with van der Waals surface area (Å²) < 4.78 is 2.18. The lowest BCUT2D eigenvalue weighted by Crippen LogP contribution is -2.18. The molecule has 4 aromatic carbocycles. The topological polar surface area (TPSA) is 78.6 Å². The van der Waals surface area contributed by atoms with Gasteiger partial charge in [-0.2, -0.15) is 14.9 Å². The lowest BCUT2D eigenvalue weighted by Gasteiger charge is -2.24. The minimum Gasteiger partial charge on any atom is -0.349 e. The Kier molecular flexibility index (Phi) is 6.09. The second-order valence-electron chi connectivity index (χ2n) is 9.66. The van der Waals surface area contributed by atoms with Gasteiger partial charge in [0.1, 0.15) is 17.4 Å². The molecule has 0 amide bonds. The molecule has 0 saturated carbocycles. The van der Waals surface area contributed by atoms with Gasteiger partial charge in [-0.3, -0.25) is 9.80 Å². The SMILES string of the molecule is O=c1c2[nH]c3ccc(Br)cc3c2ncn1N=Cc1ccc(N2N=C(c3ccccc3)CC2c2ccccc2)cc1. The summed E-state index contributed by atoms with van der Waals surface area (Å²) in [5, 5.41) is 12.4. The van der Waals surface area contributed by atoms with Gasteiger partial charge in [-0.05, 0) is 47.0 Å². The Labute approximate surface area is 238 Å². The van der Waals surface area contributed by atoms with Crippen LogP contribution in [0, 0.1) is 0 Å². The maximum atomic E-state index is 13.1. The third kappa shape index (κ3) is 4.42. The maximum Gasteiger partial charge on any atom is 0.298 e. The monoisotopic (exact) mass is 586 g/mol. The van der Waals surface area contributed by atoms with Crippen LogP contribution in [0.1, 0.15) is 29.2 Å². The van der Waals surface area contributed by atoms with E-state index in [2.05, 4.69) is 72.4 Å². The number of benzene rings is 4. The van der Waals surface area contributed by atoms with Crippen LogP contribution in [0.5, 0.6) is 0 Å². The van der Waals surface area contributed by atoms with Gasteiger partial charge < -0.3 is 4.98 Å². The third-order valence-corrected chi connectivity index (χ3v) is 7.64. The molecule has 1 aliphatic heterocycles. The van der Waals surface area contributed by atoms with Crippen molar-refractivity contribution < 1.29 is 0 Å². The number of anilines is 1. The van der Waals surface area contributed by atoms with Crippen LogP contribution in [0.25, 0.3) is 21.9 Å². The highest BCUT2D eigenvalue weighted by Crippen LogP contribution is 2.36. The summed E-state index contributed by atoms with van der Waals surface area (Å²) in [6.07, 6.45) is 3.94. The molecule has 0 aliphatic carbocycles. The molecule has 6 aromatic rings. The van der Waals surface area contributed by atoms with Crippen LogP contribution in [0.3, 0.4) is 0 Å². The number of nitrogens with zero attached hydrogens (tertiary/aromatic N) is 5. The molecule has 2 aromatic heterocycles. The van der Waals surface area contributed by atoms with Crippen molar-refractivity contribution >= 4 is 55.5 Å². The summed E-state index contributed by atoms with van der Waals surface area (Å²) in [5.74, 6) is 0. The third-order valence-electron chi connectivity index (χ3n) is 7.14. The number of hydrogen-bond donors (Lipinski definition) is 1. The number of halogens is 1. The first-order valence-corrected chi connectivity index (χ1v) is 13.7. The van der Waals surface area contributed by atoms with Crippen molar-refractivity contribution in [2.45, 2.75) is 12.5 Å². The molecule has 194 valence electrons. The zero-order valence-electron chi connectivity index (χ0n) is 21.3. The Morgan fingerprint density at radius 2 is 1.68 bits per heavy atom. The van der Waals surface area contributed by atoms with Crippen molar-refractivity contribution in [3.05, 3.63) is 141 Å². The molecular formula is C32H23BrN6O. The number of hydrogen-bond acceptors (Lipinski definition) is 5. The molecule has 0 saturated heterocycles. The van der Waals surface area contributed by atoms with E-state index in [-0.39, 0.29) is 11.6 Å². The van der Waals surface area contributed by atoms with E-state index in [4.69, 9.17) is 5.10 Å². The first kappa shape index (κ1) is 24.2. The summed E-state index contributed by atoms with van der Waals surface area (Å²) in [7, 11) is 0. The molecule has 1 aliphatic rings. The van der Waals surface area contributed by atoms with Crippen LogP contribution in [0.4, 0.5) is 5.69 Å². The van der Waals surface area contributed by atoms with Gasteiger partial charge in [-0.15, -0.1) is 0 Å². The minimum atomic E-state index is -0.254. The molecule has 0 fully saturated rings. The average molecular weight is 587 g/mol. The molecule has 0 bridgehead atoms. The number of nitrogens with one attached hydrogen (secondary N) is 1. The van der Waals surface area contributed by atoms with E-state index < -0.39 is 0 Å². The molecule has 0 spiro atoms. The molecule has 40 heavy (non-hydrogen) atoms. The zero-order chi connectivity index (χ0) is 27.1. The summed E-state index contributed by atoms with van der Waals surface area (Å²) in [6.45, 7) is 0. The first-order valence-electron chi connectivity index (χ1n) is 12.9. The van der Waals surface area contributed by atoms with Crippen LogP contribution in [-0.2, 0) is 0 Å². The Hall–Kier alpha value is -4.82. The molecule has 7 rings (SSSR count). The van der Waals surface area contributed by atoms with Gasteiger partial charge in [0.05, 0.1) is 23.7 Å². The summed E-state index contributed by atoms with van der Waals surface area (Å²) in [6, 6.07) is 34.7. The Morgan fingerprint density at radius 1 is 0.925 bits per heavy atom. The van der Waals surface area contributed by atoms with Gasteiger partial charge in [-0.25, -0.2) is 4.98 Å². The number of H-pyrrole nitrogens is 1. The minimum absolute atomic E-state index is 0.101. The molecule has 7 nitrogen and oxygen atoms in total. The number of aromatic amines is 1. The van der Waals surface area contributed by atoms with Crippen molar-refractivity contribution in [1.29, 1.82) is 0 Å². The fourth-order valence-corrected chi connectivity index (χ4v) is 5.49. The van der Waals surface area contributed by atoms with Crippen molar-refractivity contribution in [2.24, 2.45) is 10.2 Å². The van der Waals surface area contributed by atoms with E-state index in [0.717, 1.165) is 44.3 Å². The van der Waals surface area contributed by atoms with Crippen LogP contribution < -0.4 is 10.6 Å². The predicted octanol–water partition coefficient (Wildman–Crippen LogP) is 6.88. The highest BCUT2D eigenvalue weighted by atomic mass is 79.9. The lowest BCUT2D eigenvalue weighted by atomic mass is 9.98.